The van der Waals surface area contributed by atoms with Crippen molar-refractivity contribution in [3.63, 3.8) is 0 Å². The van der Waals surface area contributed by atoms with E-state index in [-0.39, 0.29) is 30.0 Å². The number of sulfone groups is 1. The highest BCUT2D eigenvalue weighted by Crippen LogP contribution is 2.18. The van der Waals surface area contributed by atoms with Crippen LogP contribution in [0.15, 0.2) is 6.20 Å². The van der Waals surface area contributed by atoms with Crippen LogP contribution in [0.25, 0.3) is 0 Å². The first kappa shape index (κ1) is 12.9. The zero-order valence-corrected chi connectivity index (χ0v) is 11.1. The highest BCUT2D eigenvalue weighted by molar-refractivity contribution is 7.91. The van der Waals surface area contributed by atoms with E-state index in [9.17, 15) is 13.2 Å². The third-order valence-corrected chi connectivity index (χ3v) is 4.90. The maximum atomic E-state index is 12.3. The average molecular weight is 272 g/mol. The van der Waals surface area contributed by atoms with Crippen molar-refractivity contribution < 1.29 is 13.2 Å². The largest absolute Gasteiger partial charge is 0.396 e. The Morgan fingerprint density at radius 2 is 2.22 bits per heavy atom. The van der Waals surface area contributed by atoms with Crippen molar-refractivity contribution in [1.29, 1.82) is 0 Å². The van der Waals surface area contributed by atoms with Crippen LogP contribution in [0.4, 0.5) is 5.69 Å². The Labute approximate surface area is 105 Å². The Bertz CT molecular complexity index is 558. The van der Waals surface area contributed by atoms with Crippen LogP contribution in [-0.2, 0) is 16.9 Å². The monoisotopic (exact) mass is 272 g/mol. The molecule has 0 saturated carbocycles. The second kappa shape index (κ2) is 4.27. The van der Waals surface area contributed by atoms with E-state index in [1.54, 1.807) is 14.0 Å². The lowest BCUT2D eigenvalue weighted by Gasteiger charge is -2.33. The number of carbonyl (C=O) groups excluding carboxylic acids is 1. The Morgan fingerprint density at radius 1 is 1.56 bits per heavy atom. The fourth-order valence-electron chi connectivity index (χ4n) is 2.15. The minimum Gasteiger partial charge on any atom is -0.396 e. The van der Waals surface area contributed by atoms with Gasteiger partial charge in [-0.2, -0.15) is 5.10 Å². The molecule has 0 bridgehead atoms. The number of nitrogen functional groups attached to an aromatic ring is 1. The van der Waals surface area contributed by atoms with E-state index < -0.39 is 9.84 Å². The fourth-order valence-corrected chi connectivity index (χ4v) is 3.71. The lowest BCUT2D eigenvalue weighted by atomic mass is 10.2. The summed E-state index contributed by atoms with van der Waals surface area (Å²) in [6.07, 6.45) is 1.42. The maximum Gasteiger partial charge on any atom is 0.274 e. The van der Waals surface area contributed by atoms with Gasteiger partial charge in [0.1, 0.15) is 5.69 Å². The van der Waals surface area contributed by atoms with E-state index in [4.69, 9.17) is 5.73 Å². The van der Waals surface area contributed by atoms with Crippen molar-refractivity contribution in [2.45, 2.75) is 13.0 Å². The summed E-state index contributed by atoms with van der Waals surface area (Å²) in [5.74, 6) is -0.271. The first-order valence-corrected chi connectivity index (χ1v) is 7.43. The normalized spacial score (nSPS) is 23.0. The second-order valence-corrected chi connectivity index (χ2v) is 6.76. The molecule has 7 nitrogen and oxygen atoms in total. The van der Waals surface area contributed by atoms with Gasteiger partial charge in [-0.3, -0.25) is 9.48 Å². The standard InChI is InChI=1S/C10H16N4O3S/c1-7-6-18(16,17)4-3-14(7)10(15)9-8(11)5-12-13(9)2/h5,7H,3-4,6,11H2,1-2H3. The number of anilines is 1. The SMILES string of the molecule is CC1CS(=O)(=O)CCN1C(=O)c1c(N)cnn1C. The lowest BCUT2D eigenvalue weighted by Crippen LogP contribution is -2.50. The van der Waals surface area contributed by atoms with E-state index in [2.05, 4.69) is 5.10 Å². The molecule has 1 aromatic rings. The van der Waals surface area contributed by atoms with Gasteiger partial charge < -0.3 is 10.6 Å². The van der Waals surface area contributed by atoms with Crippen LogP contribution in [-0.4, -0.2) is 53.1 Å². The molecule has 18 heavy (non-hydrogen) atoms. The first-order chi connectivity index (χ1) is 8.32. The van der Waals surface area contributed by atoms with Gasteiger partial charge in [0, 0.05) is 19.6 Å². The van der Waals surface area contributed by atoms with Crippen molar-refractivity contribution in [3.8, 4) is 0 Å². The molecule has 1 aliphatic heterocycles. The summed E-state index contributed by atoms with van der Waals surface area (Å²) in [7, 11) is -1.40. The quantitative estimate of drug-likeness (QED) is 0.726. The number of amides is 1. The summed E-state index contributed by atoms with van der Waals surface area (Å²) >= 11 is 0. The number of rotatable bonds is 1. The topological polar surface area (TPSA) is 98.3 Å². The lowest BCUT2D eigenvalue weighted by molar-refractivity contribution is 0.0702. The van der Waals surface area contributed by atoms with Gasteiger partial charge in [0.25, 0.3) is 5.91 Å². The van der Waals surface area contributed by atoms with Gasteiger partial charge in [-0.05, 0) is 6.92 Å². The second-order valence-electron chi connectivity index (χ2n) is 4.53. The average Bonchev–Trinajstić information content (AvgIpc) is 2.56. The Balaban J connectivity index is 2.26. The molecule has 1 aliphatic rings. The molecule has 2 heterocycles. The zero-order valence-electron chi connectivity index (χ0n) is 10.3. The number of hydrogen-bond donors (Lipinski definition) is 1. The Morgan fingerprint density at radius 3 is 2.72 bits per heavy atom. The summed E-state index contributed by atoms with van der Waals surface area (Å²) in [6, 6.07) is -0.342. The molecule has 1 aromatic heterocycles. The van der Waals surface area contributed by atoms with E-state index in [1.807, 2.05) is 0 Å². The molecule has 0 aromatic carbocycles. The van der Waals surface area contributed by atoms with Crippen molar-refractivity contribution in [3.05, 3.63) is 11.9 Å². The van der Waals surface area contributed by atoms with Crippen LogP contribution in [0.1, 0.15) is 17.4 Å². The van der Waals surface area contributed by atoms with E-state index in [0.717, 1.165) is 0 Å². The maximum absolute atomic E-state index is 12.3. The van der Waals surface area contributed by atoms with Crippen molar-refractivity contribution in [2.24, 2.45) is 7.05 Å². The molecule has 1 fully saturated rings. The highest BCUT2D eigenvalue weighted by atomic mass is 32.2. The van der Waals surface area contributed by atoms with Crippen LogP contribution in [0.3, 0.4) is 0 Å². The van der Waals surface area contributed by atoms with Gasteiger partial charge in [0.05, 0.1) is 23.4 Å². The number of hydrogen-bond acceptors (Lipinski definition) is 5. The molecule has 1 saturated heterocycles. The molecule has 2 rings (SSSR count). The number of aryl methyl sites for hydroxylation is 1. The molecule has 1 unspecified atom stereocenters. The van der Waals surface area contributed by atoms with Crippen LogP contribution in [0.2, 0.25) is 0 Å². The predicted molar refractivity (Wildman–Crippen MR) is 66.8 cm³/mol. The molecule has 8 heteroatoms. The van der Waals surface area contributed by atoms with Crippen molar-refractivity contribution in [2.75, 3.05) is 23.8 Å². The van der Waals surface area contributed by atoms with E-state index >= 15 is 0 Å². The summed E-state index contributed by atoms with van der Waals surface area (Å²) in [5.41, 5.74) is 6.31. The Hall–Kier alpha value is -1.57. The molecule has 0 aliphatic carbocycles. The Kier molecular flexibility index (Phi) is 3.05. The summed E-state index contributed by atoms with van der Waals surface area (Å²) in [5, 5.41) is 3.91. The van der Waals surface area contributed by atoms with Crippen LogP contribution >= 0.6 is 0 Å². The van der Waals surface area contributed by atoms with E-state index in [1.165, 1.54) is 15.8 Å². The molecule has 0 spiro atoms. The van der Waals surface area contributed by atoms with Crippen molar-refractivity contribution in [1.82, 2.24) is 14.7 Å². The minimum absolute atomic E-state index is 0.000830. The summed E-state index contributed by atoms with van der Waals surface area (Å²) in [6.45, 7) is 1.92. The van der Waals surface area contributed by atoms with Gasteiger partial charge in [-0.15, -0.1) is 0 Å². The van der Waals surface area contributed by atoms with Crippen LogP contribution in [0.5, 0.6) is 0 Å². The van der Waals surface area contributed by atoms with Gasteiger partial charge in [-0.1, -0.05) is 0 Å². The summed E-state index contributed by atoms with van der Waals surface area (Å²) < 4.78 is 24.3. The number of aromatic nitrogens is 2. The van der Waals surface area contributed by atoms with Crippen LogP contribution in [0, 0.1) is 0 Å². The third kappa shape index (κ3) is 2.20. The highest BCUT2D eigenvalue weighted by Gasteiger charge is 2.33. The molecule has 100 valence electrons. The first-order valence-electron chi connectivity index (χ1n) is 5.60. The summed E-state index contributed by atoms with van der Waals surface area (Å²) in [4.78, 5) is 13.9. The van der Waals surface area contributed by atoms with Gasteiger partial charge in [0.2, 0.25) is 0 Å². The molecule has 1 atom stereocenters. The predicted octanol–water partition coefficient (Wildman–Crippen LogP) is -0.739. The van der Waals surface area contributed by atoms with E-state index in [0.29, 0.717) is 11.4 Å². The molecule has 1 amide bonds. The molecule has 0 radical (unpaired) electrons. The number of nitrogens with zero attached hydrogens (tertiary/aromatic N) is 3. The molecular weight excluding hydrogens is 256 g/mol. The van der Waals surface area contributed by atoms with Crippen molar-refractivity contribution >= 4 is 21.4 Å². The van der Waals surface area contributed by atoms with Gasteiger partial charge in [0.15, 0.2) is 9.84 Å². The number of nitrogens with two attached hydrogens (primary N) is 1. The van der Waals surface area contributed by atoms with Crippen LogP contribution < -0.4 is 5.73 Å². The smallest absolute Gasteiger partial charge is 0.274 e. The van der Waals surface area contributed by atoms with Gasteiger partial charge >= 0.3 is 0 Å². The minimum atomic E-state index is -3.04. The zero-order chi connectivity index (χ0) is 13.5. The molecule has 2 N–H and O–H groups in total. The van der Waals surface area contributed by atoms with Gasteiger partial charge in [-0.25, -0.2) is 8.42 Å². The third-order valence-electron chi connectivity index (χ3n) is 3.10. The number of carbonyl (C=O) groups is 1. The molecular formula is C10H16N4O3S. The fraction of sp³-hybridized carbons (Fsp3) is 0.600.